The van der Waals surface area contributed by atoms with Gasteiger partial charge in [0.1, 0.15) is 0 Å². The number of H-pyrrole nitrogens is 1. The third-order valence-corrected chi connectivity index (χ3v) is 3.45. The first-order chi connectivity index (χ1) is 10.3. The van der Waals surface area contributed by atoms with Gasteiger partial charge in [0.15, 0.2) is 5.82 Å². The number of hydrogen-bond acceptors (Lipinski definition) is 3. The fourth-order valence-corrected chi connectivity index (χ4v) is 2.20. The van der Waals surface area contributed by atoms with E-state index in [1.807, 2.05) is 61.5 Å². The topological polar surface area (TPSA) is 46.0 Å². The predicted octanol–water partition coefficient (Wildman–Crippen LogP) is 3.80. The van der Waals surface area contributed by atoms with E-state index in [1.165, 1.54) is 0 Å². The minimum atomic E-state index is 0.471. The number of rotatable bonds is 3. The minimum Gasteiger partial charge on any atom is -0.250 e. The molecule has 0 saturated heterocycles. The van der Waals surface area contributed by atoms with Crippen LogP contribution in [0, 0.1) is 11.7 Å². The molecule has 0 bridgehead atoms. The van der Waals surface area contributed by atoms with Gasteiger partial charge >= 0.3 is 0 Å². The molecule has 0 saturated carbocycles. The van der Waals surface area contributed by atoms with E-state index in [-0.39, 0.29) is 0 Å². The fraction of sp³-hybridized carbons (Fsp3) is 0.0625. The molecular weight excluding hydrogens is 280 g/mol. The zero-order valence-corrected chi connectivity index (χ0v) is 12.3. The first-order valence-corrected chi connectivity index (χ1v) is 6.99. The second-order valence-electron chi connectivity index (χ2n) is 4.63. The quantitative estimate of drug-likeness (QED) is 0.590. The van der Waals surface area contributed by atoms with Crippen molar-refractivity contribution in [2.75, 3.05) is 0 Å². The maximum absolute atomic E-state index is 5.25. The lowest BCUT2D eigenvalue weighted by Crippen LogP contribution is -1.95. The van der Waals surface area contributed by atoms with E-state index < -0.39 is 0 Å². The Hall–Kier alpha value is -2.53. The van der Waals surface area contributed by atoms with Crippen LogP contribution >= 0.6 is 12.2 Å². The first kappa shape index (κ1) is 13.5. The van der Waals surface area contributed by atoms with Gasteiger partial charge in [0, 0.05) is 5.56 Å². The van der Waals surface area contributed by atoms with E-state index >= 15 is 0 Å². The van der Waals surface area contributed by atoms with Crippen molar-refractivity contribution in [1.29, 1.82) is 0 Å². The van der Waals surface area contributed by atoms with Crippen molar-refractivity contribution < 1.29 is 0 Å². The molecule has 104 valence electrons. The van der Waals surface area contributed by atoms with Crippen molar-refractivity contribution >= 4 is 18.4 Å². The monoisotopic (exact) mass is 294 g/mol. The van der Waals surface area contributed by atoms with E-state index in [2.05, 4.69) is 15.3 Å². The van der Waals surface area contributed by atoms with Gasteiger partial charge in [-0.1, -0.05) is 54.6 Å². The predicted molar refractivity (Wildman–Crippen MR) is 87.0 cm³/mol. The van der Waals surface area contributed by atoms with E-state index in [0.717, 1.165) is 16.7 Å². The molecule has 3 rings (SSSR count). The van der Waals surface area contributed by atoms with Gasteiger partial charge in [-0.05, 0) is 30.3 Å². The van der Waals surface area contributed by atoms with Crippen LogP contribution in [0.3, 0.4) is 0 Å². The van der Waals surface area contributed by atoms with Gasteiger partial charge < -0.3 is 0 Å². The van der Waals surface area contributed by atoms with Crippen LogP contribution in [0.2, 0.25) is 0 Å². The van der Waals surface area contributed by atoms with E-state index in [0.29, 0.717) is 10.6 Å². The molecular formula is C16H14N4S. The normalized spacial score (nSPS) is 11.1. The number of aryl methyl sites for hydroxylation is 1. The molecule has 1 heterocycles. The summed E-state index contributed by atoms with van der Waals surface area (Å²) in [5, 5.41) is 11.5. The molecule has 0 amide bonds. The number of aromatic nitrogens is 3. The highest BCUT2D eigenvalue weighted by molar-refractivity contribution is 7.71. The van der Waals surface area contributed by atoms with Crippen LogP contribution in [0.1, 0.15) is 11.1 Å². The largest absolute Gasteiger partial charge is 0.250 e. The van der Waals surface area contributed by atoms with Gasteiger partial charge in [0.2, 0.25) is 4.77 Å². The maximum Gasteiger partial charge on any atom is 0.216 e. The average Bonchev–Trinajstić information content (AvgIpc) is 2.88. The Bertz CT molecular complexity index is 831. The maximum atomic E-state index is 5.25. The Morgan fingerprint density at radius 2 is 1.81 bits per heavy atom. The molecule has 0 aliphatic rings. The molecule has 0 unspecified atom stereocenters. The molecule has 0 aliphatic heterocycles. The summed E-state index contributed by atoms with van der Waals surface area (Å²) in [6.07, 6.45) is 1.80. The summed E-state index contributed by atoms with van der Waals surface area (Å²) in [5.74, 6) is 0.699. The zero-order chi connectivity index (χ0) is 14.7. The van der Waals surface area contributed by atoms with Gasteiger partial charge in [-0.15, -0.1) is 0 Å². The molecule has 0 aliphatic carbocycles. The highest BCUT2D eigenvalue weighted by Crippen LogP contribution is 2.16. The molecule has 0 spiro atoms. The van der Waals surface area contributed by atoms with Crippen LogP contribution < -0.4 is 0 Å². The molecule has 0 atom stereocenters. The first-order valence-electron chi connectivity index (χ1n) is 6.58. The molecule has 5 heteroatoms. The van der Waals surface area contributed by atoms with E-state index in [1.54, 1.807) is 10.9 Å². The summed E-state index contributed by atoms with van der Waals surface area (Å²) in [4.78, 5) is 0. The van der Waals surface area contributed by atoms with Crippen LogP contribution in [-0.4, -0.2) is 21.1 Å². The second kappa shape index (κ2) is 5.85. The number of nitrogens with one attached hydrogen (secondary N) is 1. The van der Waals surface area contributed by atoms with Gasteiger partial charge in [0.25, 0.3) is 0 Å². The lowest BCUT2D eigenvalue weighted by atomic mass is 10.1. The van der Waals surface area contributed by atoms with Crippen LogP contribution in [0.15, 0.2) is 59.7 Å². The van der Waals surface area contributed by atoms with Crippen LogP contribution in [-0.2, 0) is 0 Å². The molecule has 3 aromatic rings. The summed E-state index contributed by atoms with van der Waals surface area (Å²) < 4.78 is 2.11. The molecule has 1 N–H and O–H groups in total. The summed E-state index contributed by atoms with van der Waals surface area (Å²) >= 11 is 5.25. The van der Waals surface area contributed by atoms with Gasteiger partial charge in [0.05, 0.1) is 6.21 Å². The van der Waals surface area contributed by atoms with Crippen molar-refractivity contribution in [3.63, 3.8) is 0 Å². The smallest absolute Gasteiger partial charge is 0.216 e. The van der Waals surface area contributed by atoms with Crippen LogP contribution in [0.25, 0.3) is 11.4 Å². The molecule has 2 aromatic carbocycles. The summed E-state index contributed by atoms with van der Waals surface area (Å²) in [5.41, 5.74) is 3.18. The third kappa shape index (κ3) is 2.83. The molecule has 0 fully saturated rings. The van der Waals surface area contributed by atoms with E-state index in [9.17, 15) is 0 Å². The molecule has 4 nitrogen and oxygen atoms in total. The van der Waals surface area contributed by atoms with Gasteiger partial charge in [-0.2, -0.15) is 14.9 Å². The van der Waals surface area contributed by atoms with Crippen LogP contribution in [0.5, 0.6) is 0 Å². The number of hydrogen-bond donors (Lipinski definition) is 1. The van der Waals surface area contributed by atoms with Crippen molar-refractivity contribution in [1.82, 2.24) is 14.9 Å². The fourth-order valence-electron chi connectivity index (χ4n) is 2.02. The lowest BCUT2D eigenvalue weighted by molar-refractivity contribution is 0.871. The van der Waals surface area contributed by atoms with Gasteiger partial charge in [-0.25, -0.2) is 5.10 Å². The molecule has 21 heavy (non-hydrogen) atoms. The van der Waals surface area contributed by atoms with Crippen LogP contribution in [0.4, 0.5) is 0 Å². The number of benzene rings is 2. The minimum absolute atomic E-state index is 0.471. The summed E-state index contributed by atoms with van der Waals surface area (Å²) in [7, 11) is 0. The number of aromatic amines is 1. The second-order valence-corrected chi connectivity index (χ2v) is 5.02. The average molecular weight is 294 g/mol. The van der Waals surface area contributed by atoms with E-state index in [4.69, 9.17) is 12.2 Å². The van der Waals surface area contributed by atoms with Crippen molar-refractivity contribution in [3.8, 4) is 11.4 Å². The highest BCUT2D eigenvalue weighted by atomic mass is 32.1. The molecule has 0 radical (unpaired) electrons. The zero-order valence-electron chi connectivity index (χ0n) is 11.5. The highest BCUT2D eigenvalue weighted by Gasteiger charge is 2.07. The lowest BCUT2D eigenvalue weighted by Gasteiger charge is -2.01. The summed E-state index contributed by atoms with van der Waals surface area (Å²) in [6.45, 7) is 2.05. The SMILES string of the molecule is Cc1ccccc1C=Nn1c(-c2ccccc2)n[nH]c1=S. The Balaban J connectivity index is 2.02. The van der Waals surface area contributed by atoms with Crippen molar-refractivity contribution in [2.45, 2.75) is 6.92 Å². The number of nitrogens with zero attached hydrogens (tertiary/aromatic N) is 3. The Kier molecular flexibility index (Phi) is 3.75. The Morgan fingerprint density at radius 1 is 1.10 bits per heavy atom. The van der Waals surface area contributed by atoms with Gasteiger partial charge in [-0.3, -0.25) is 0 Å². The standard InChI is InChI=1S/C16H14N4S/c1-12-7-5-6-10-14(12)11-17-20-15(18-19-16(20)21)13-8-3-2-4-9-13/h2-11H,1H3,(H,19,21). The summed E-state index contributed by atoms with van der Waals surface area (Å²) in [6, 6.07) is 17.9. The van der Waals surface area contributed by atoms with Crippen molar-refractivity contribution in [3.05, 3.63) is 70.5 Å². The molecule has 1 aromatic heterocycles. The Morgan fingerprint density at radius 3 is 2.57 bits per heavy atom. The Labute approximate surface area is 127 Å². The van der Waals surface area contributed by atoms with Crippen molar-refractivity contribution in [2.24, 2.45) is 5.10 Å². The third-order valence-electron chi connectivity index (χ3n) is 3.18.